The first-order valence-corrected chi connectivity index (χ1v) is 15.7. The molecule has 2 aromatic heterocycles. The number of nitrogens with zero attached hydrogens (tertiary/aromatic N) is 2. The molecule has 0 atom stereocenters. The fourth-order valence-corrected chi connectivity index (χ4v) is 5.72. The summed E-state index contributed by atoms with van der Waals surface area (Å²) >= 11 is 0. The largest absolute Gasteiger partial charge is 0.383 e. The van der Waals surface area contributed by atoms with Crippen LogP contribution in [-0.4, -0.2) is 48.0 Å². The molecule has 4 aromatic carbocycles. The maximum Gasteiger partial charge on any atom is 0.221 e. The van der Waals surface area contributed by atoms with Gasteiger partial charge in [0.15, 0.2) is 0 Å². The number of pyridine rings is 2. The molecule has 8 heteroatoms. The molecule has 6 aromatic rings. The van der Waals surface area contributed by atoms with E-state index in [0.717, 1.165) is 74.2 Å². The van der Waals surface area contributed by atoms with Crippen LogP contribution in [0.25, 0.3) is 43.6 Å². The van der Waals surface area contributed by atoms with Gasteiger partial charge in [-0.3, -0.25) is 9.59 Å². The Balaban J connectivity index is 0.865. The molecule has 0 saturated heterocycles. The quantitative estimate of drug-likeness (QED) is 0.0812. The summed E-state index contributed by atoms with van der Waals surface area (Å²) in [5.41, 5.74) is 5.76. The lowest BCUT2D eigenvalue weighted by Crippen LogP contribution is -2.27. The Hall–Kier alpha value is -5.24. The third kappa shape index (κ3) is 7.29. The van der Waals surface area contributed by atoms with Crippen molar-refractivity contribution >= 4 is 66.8 Å². The van der Waals surface area contributed by atoms with Crippen LogP contribution in [0.3, 0.4) is 0 Å². The molecule has 0 aliphatic rings. The third-order valence-electron chi connectivity index (χ3n) is 7.98. The fraction of sp³-hybridized carbons (Fsp3) is 0.243. The average molecular weight is 599 g/mol. The summed E-state index contributed by atoms with van der Waals surface area (Å²) in [5.74, 6) is 0.0569. The number of anilines is 2. The van der Waals surface area contributed by atoms with Crippen molar-refractivity contribution in [2.24, 2.45) is 0 Å². The summed E-state index contributed by atoms with van der Waals surface area (Å²) in [7, 11) is 0. The molecule has 0 unspecified atom stereocenters. The molecule has 4 N–H and O–H groups in total. The van der Waals surface area contributed by atoms with Crippen molar-refractivity contribution in [3.05, 3.63) is 97.1 Å². The topological polar surface area (TPSA) is 108 Å². The minimum absolute atomic E-state index is 0.0284. The molecule has 2 amide bonds. The highest BCUT2D eigenvalue weighted by atomic mass is 16.2. The highest BCUT2D eigenvalue weighted by molar-refractivity contribution is 6.08. The molecule has 2 heterocycles. The normalized spacial score (nSPS) is 11.2. The van der Waals surface area contributed by atoms with Gasteiger partial charge in [-0.2, -0.15) is 0 Å². The minimum atomic E-state index is 0.0284. The van der Waals surface area contributed by atoms with Gasteiger partial charge in [0.05, 0.1) is 33.4 Å². The summed E-state index contributed by atoms with van der Waals surface area (Å²) in [4.78, 5) is 34.4. The van der Waals surface area contributed by atoms with E-state index in [2.05, 4.69) is 45.5 Å². The molecule has 0 radical (unpaired) electrons. The SMILES string of the molecule is O=C(CCNc1c2ccccc2nc2ccccc12)NCCCCCNC(=O)CCNc1c2ccccc2nc2ccccc12. The number of fused-ring (bicyclic) bond motifs is 4. The summed E-state index contributed by atoms with van der Waals surface area (Å²) in [5, 5.41) is 17.2. The van der Waals surface area contributed by atoms with Crippen LogP contribution >= 0.6 is 0 Å². The van der Waals surface area contributed by atoms with Crippen LogP contribution in [0, 0.1) is 0 Å². The number of para-hydroxylation sites is 4. The molecular formula is C37H38N6O2. The van der Waals surface area contributed by atoms with Gasteiger partial charge in [0, 0.05) is 60.6 Å². The molecule has 6 rings (SSSR count). The smallest absolute Gasteiger partial charge is 0.221 e. The van der Waals surface area contributed by atoms with Gasteiger partial charge in [-0.15, -0.1) is 0 Å². The molecule has 0 aliphatic heterocycles. The molecule has 0 saturated carbocycles. The average Bonchev–Trinajstić information content (AvgIpc) is 3.07. The standard InChI is InChI=1S/C37H38N6O2/c44-34(20-24-40-36-26-12-2-6-16-30(26)42-31-17-7-3-13-27(31)36)38-22-10-1-11-23-39-35(45)21-25-41-37-28-14-4-8-18-32(28)43-33-19-9-5-15-29(33)37/h2-9,12-19H,1,10-11,20-25H2,(H,38,44)(H,39,45)(H,40,42)(H,41,43). The zero-order valence-corrected chi connectivity index (χ0v) is 25.3. The van der Waals surface area contributed by atoms with Gasteiger partial charge in [-0.05, 0) is 43.5 Å². The van der Waals surface area contributed by atoms with E-state index < -0.39 is 0 Å². The summed E-state index contributed by atoms with van der Waals surface area (Å²) in [6.07, 6.45) is 3.46. The highest BCUT2D eigenvalue weighted by Crippen LogP contribution is 2.31. The van der Waals surface area contributed by atoms with E-state index in [1.807, 2.05) is 72.8 Å². The molecule has 0 aliphatic carbocycles. The van der Waals surface area contributed by atoms with Gasteiger partial charge in [0.2, 0.25) is 11.8 Å². The highest BCUT2D eigenvalue weighted by Gasteiger charge is 2.11. The Morgan fingerprint density at radius 2 is 0.778 bits per heavy atom. The number of unbranched alkanes of at least 4 members (excludes halogenated alkanes) is 2. The van der Waals surface area contributed by atoms with Crippen LogP contribution in [0.15, 0.2) is 97.1 Å². The van der Waals surface area contributed by atoms with Crippen LogP contribution in [0.5, 0.6) is 0 Å². The molecule has 45 heavy (non-hydrogen) atoms. The van der Waals surface area contributed by atoms with Crippen molar-refractivity contribution in [1.29, 1.82) is 0 Å². The van der Waals surface area contributed by atoms with Crippen molar-refractivity contribution in [2.75, 3.05) is 36.8 Å². The van der Waals surface area contributed by atoms with Crippen molar-refractivity contribution in [2.45, 2.75) is 32.1 Å². The maximum atomic E-state index is 12.5. The van der Waals surface area contributed by atoms with Crippen molar-refractivity contribution in [1.82, 2.24) is 20.6 Å². The first-order valence-electron chi connectivity index (χ1n) is 15.7. The molecule has 0 bridgehead atoms. The number of carbonyl (C=O) groups excluding carboxylic acids is 2. The van der Waals surface area contributed by atoms with E-state index in [1.54, 1.807) is 0 Å². The van der Waals surface area contributed by atoms with Crippen LogP contribution in [0.2, 0.25) is 0 Å². The fourth-order valence-electron chi connectivity index (χ4n) is 5.72. The number of carbonyl (C=O) groups is 2. The lowest BCUT2D eigenvalue weighted by atomic mass is 10.1. The van der Waals surface area contributed by atoms with Crippen molar-refractivity contribution < 1.29 is 9.59 Å². The predicted octanol–water partition coefficient (Wildman–Crippen LogP) is 6.80. The van der Waals surface area contributed by atoms with E-state index in [9.17, 15) is 9.59 Å². The lowest BCUT2D eigenvalue weighted by molar-refractivity contribution is -0.121. The monoisotopic (exact) mass is 598 g/mol. The molecule has 0 spiro atoms. The number of amides is 2. The number of aromatic nitrogens is 2. The van der Waals surface area contributed by atoms with Crippen LogP contribution in [0.1, 0.15) is 32.1 Å². The van der Waals surface area contributed by atoms with Crippen molar-refractivity contribution in [3.63, 3.8) is 0 Å². The Bertz CT molecular complexity index is 1710. The first kappa shape index (κ1) is 29.8. The predicted molar refractivity (Wildman–Crippen MR) is 185 cm³/mol. The molecular weight excluding hydrogens is 560 g/mol. The second-order valence-electron chi connectivity index (χ2n) is 11.2. The number of rotatable bonds is 14. The van der Waals surface area contributed by atoms with Gasteiger partial charge in [0.1, 0.15) is 0 Å². The van der Waals surface area contributed by atoms with Gasteiger partial charge < -0.3 is 21.3 Å². The summed E-state index contributed by atoms with van der Waals surface area (Å²) in [6.45, 7) is 2.34. The van der Waals surface area contributed by atoms with Crippen LogP contribution in [0.4, 0.5) is 11.4 Å². The van der Waals surface area contributed by atoms with Gasteiger partial charge >= 0.3 is 0 Å². The van der Waals surface area contributed by atoms with E-state index in [4.69, 9.17) is 9.97 Å². The van der Waals surface area contributed by atoms with Crippen LogP contribution in [-0.2, 0) is 9.59 Å². The van der Waals surface area contributed by atoms with E-state index in [1.165, 1.54) is 0 Å². The Kier molecular flexibility index (Phi) is 9.60. The van der Waals surface area contributed by atoms with E-state index in [0.29, 0.717) is 39.0 Å². The summed E-state index contributed by atoms with van der Waals surface area (Å²) < 4.78 is 0. The van der Waals surface area contributed by atoms with Gasteiger partial charge in [0.25, 0.3) is 0 Å². The first-order chi connectivity index (χ1) is 22.2. The second kappa shape index (κ2) is 14.5. The van der Waals surface area contributed by atoms with Gasteiger partial charge in [-0.1, -0.05) is 72.8 Å². The van der Waals surface area contributed by atoms with Crippen LogP contribution < -0.4 is 21.3 Å². The Morgan fingerprint density at radius 1 is 0.444 bits per heavy atom. The number of hydrogen-bond acceptors (Lipinski definition) is 6. The third-order valence-corrected chi connectivity index (χ3v) is 7.98. The molecule has 0 fully saturated rings. The number of nitrogens with one attached hydrogen (secondary N) is 4. The Labute approximate surface area is 262 Å². The molecule has 228 valence electrons. The number of benzene rings is 4. The second-order valence-corrected chi connectivity index (χ2v) is 11.2. The minimum Gasteiger partial charge on any atom is -0.383 e. The van der Waals surface area contributed by atoms with Crippen molar-refractivity contribution in [3.8, 4) is 0 Å². The zero-order chi connectivity index (χ0) is 30.8. The van der Waals surface area contributed by atoms with E-state index in [-0.39, 0.29) is 11.8 Å². The summed E-state index contributed by atoms with van der Waals surface area (Å²) in [6, 6.07) is 32.2. The zero-order valence-electron chi connectivity index (χ0n) is 25.3. The lowest BCUT2D eigenvalue weighted by Gasteiger charge is -2.13. The van der Waals surface area contributed by atoms with Gasteiger partial charge in [-0.25, -0.2) is 9.97 Å². The van der Waals surface area contributed by atoms with E-state index >= 15 is 0 Å². The maximum absolute atomic E-state index is 12.5. The molecule has 8 nitrogen and oxygen atoms in total. The Morgan fingerprint density at radius 3 is 1.13 bits per heavy atom. The number of hydrogen-bond donors (Lipinski definition) is 4.